The lowest BCUT2D eigenvalue weighted by atomic mass is 10.0. The van der Waals surface area contributed by atoms with E-state index in [2.05, 4.69) is 16.9 Å². The van der Waals surface area contributed by atoms with E-state index in [0.29, 0.717) is 17.2 Å². The monoisotopic (exact) mass is 345 g/mol. The van der Waals surface area contributed by atoms with Crippen molar-refractivity contribution < 1.29 is 19.4 Å². The number of hydrogen-bond acceptors (Lipinski definition) is 6. The molecule has 134 valence electrons. The zero-order chi connectivity index (χ0) is 18.4. The minimum absolute atomic E-state index is 0.145. The Hall–Kier alpha value is -2.83. The van der Waals surface area contributed by atoms with Crippen molar-refractivity contribution in [2.75, 3.05) is 12.8 Å². The van der Waals surface area contributed by atoms with Crippen LogP contribution in [0, 0.1) is 6.92 Å². The Bertz CT molecular complexity index is 745. The molecule has 0 aliphatic carbocycles. The van der Waals surface area contributed by atoms with Crippen LogP contribution in [0.2, 0.25) is 0 Å². The van der Waals surface area contributed by atoms with E-state index in [1.165, 1.54) is 6.20 Å². The molecule has 0 saturated carbocycles. The van der Waals surface area contributed by atoms with Crippen LogP contribution in [0.15, 0.2) is 18.5 Å². The number of carboxylic acid groups (broad SMARTS) is 1. The summed E-state index contributed by atoms with van der Waals surface area (Å²) in [6.45, 7) is 4.05. The summed E-state index contributed by atoms with van der Waals surface area (Å²) in [6.07, 6.45) is 6.44. The van der Waals surface area contributed by atoms with E-state index in [9.17, 15) is 4.79 Å². The summed E-state index contributed by atoms with van der Waals surface area (Å²) in [5.74, 6) is 0.103. The largest absolute Gasteiger partial charge is 0.492 e. The lowest BCUT2D eigenvalue weighted by Gasteiger charge is -2.18. The molecule has 2 aromatic rings. The maximum atomic E-state index is 10.8. The number of carbonyl (C=O) groups is 1. The molecule has 1 heterocycles. The van der Waals surface area contributed by atoms with Gasteiger partial charge in [-0.05, 0) is 31.4 Å². The molecule has 2 rings (SSSR count). The van der Waals surface area contributed by atoms with Crippen LogP contribution >= 0.6 is 0 Å². The van der Waals surface area contributed by atoms with E-state index in [4.69, 9.17) is 20.3 Å². The first-order chi connectivity index (χ1) is 12.0. The van der Waals surface area contributed by atoms with Gasteiger partial charge in [0.15, 0.2) is 17.2 Å². The van der Waals surface area contributed by atoms with E-state index < -0.39 is 5.97 Å². The molecule has 3 N–H and O–H groups in total. The van der Waals surface area contributed by atoms with Gasteiger partial charge in [-0.25, -0.2) is 14.8 Å². The Morgan fingerprint density at radius 1 is 1.28 bits per heavy atom. The third-order valence-electron chi connectivity index (χ3n) is 3.89. The maximum Gasteiger partial charge on any atom is 0.356 e. The second kappa shape index (κ2) is 8.32. The second-order valence-electron chi connectivity index (χ2n) is 5.72. The van der Waals surface area contributed by atoms with Crippen molar-refractivity contribution in [3.63, 3.8) is 0 Å². The highest BCUT2D eigenvalue weighted by Gasteiger charge is 2.17. The predicted molar refractivity (Wildman–Crippen MR) is 94.4 cm³/mol. The standard InChI is InChI=1S/C18H23N3O4/c1-4-5-6-7-12-16(19)11(2)8-14(17(12)24-3)25-15-10-20-13(9-21-15)18(22)23/h8-10H,4-7,19H2,1-3H3,(H,22,23). The fraction of sp³-hybridized carbons (Fsp3) is 0.389. The number of benzene rings is 1. The van der Waals surface area contributed by atoms with Gasteiger partial charge in [0.25, 0.3) is 0 Å². The fourth-order valence-corrected chi connectivity index (χ4v) is 2.54. The van der Waals surface area contributed by atoms with Crippen LogP contribution in [0.1, 0.15) is 47.8 Å². The van der Waals surface area contributed by atoms with Gasteiger partial charge in [-0.2, -0.15) is 0 Å². The van der Waals surface area contributed by atoms with Crippen molar-refractivity contribution in [2.45, 2.75) is 39.5 Å². The highest BCUT2D eigenvalue weighted by atomic mass is 16.5. The van der Waals surface area contributed by atoms with Gasteiger partial charge < -0.3 is 20.3 Å². The molecule has 25 heavy (non-hydrogen) atoms. The normalized spacial score (nSPS) is 10.5. The number of unbranched alkanes of at least 4 members (excludes halogenated alkanes) is 2. The molecule has 0 radical (unpaired) electrons. The van der Waals surface area contributed by atoms with Crippen molar-refractivity contribution in [1.82, 2.24) is 9.97 Å². The van der Waals surface area contributed by atoms with E-state index in [0.717, 1.165) is 43.0 Å². The molecule has 0 aliphatic heterocycles. The van der Waals surface area contributed by atoms with Gasteiger partial charge in [0, 0.05) is 11.3 Å². The first-order valence-electron chi connectivity index (χ1n) is 8.17. The average molecular weight is 345 g/mol. The molecular formula is C18H23N3O4. The van der Waals surface area contributed by atoms with Crippen LogP contribution < -0.4 is 15.2 Å². The van der Waals surface area contributed by atoms with Gasteiger partial charge in [0.05, 0.1) is 19.5 Å². The molecule has 0 spiro atoms. The number of aromatic nitrogens is 2. The number of nitrogens with zero attached hydrogens (tertiary/aromatic N) is 2. The van der Waals surface area contributed by atoms with Crippen LogP contribution in [-0.2, 0) is 6.42 Å². The van der Waals surface area contributed by atoms with Crippen molar-refractivity contribution in [3.8, 4) is 17.4 Å². The van der Waals surface area contributed by atoms with Gasteiger partial charge >= 0.3 is 5.97 Å². The highest BCUT2D eigenvalue weighted by molar-refractivity contribution is 5.84. The Kier molecular flexibility index (Phi) is 6.16. The molecule has 7 heteroatoms. The second-order valence-corrected chi connectivity index (χ2v) is 5.72. The van der Waals surface area contributed by atoms with Crippen LogP contribution in [-0.4, -0.2) is 28.2 Å². The number of aryl methyl sites for hydroxylation is 1. The minimum atomic E-state index is -1.14. The summed E-state index contributed by atoms with van der Waals surface area (Å²) < 4.78 is 11.3. The maximum absolute atomic E-state index is 10.8. The van der Waals surface area contributed by atoms with Crippen molar-refractivity contribution >= 4 is 11.7 Å². The zero-order valence-electron chi connectivity index (χ0n) is 14.7. The summed E-state index contributed by atoms with van der Waals surface area (Å²) >= 11 is 0. The highest BCUT2D eigenvalue weighted by Crippen LogP contribution is 2.40. The lowest BCUT2D eigenvalue weighted by molar-refractivity contribution is 0.0690. The molecule has 0 unspecified atom stereocenters. The van der Waals surface area contributed by atoms with Crippen LogP contribution in [0.25, 0.3) is 0 Å². The van der Waals surface area contributed by atoms with Crippen molar-refractivity contribution in [3.05, 3.63) is 35.3 Å². The molecule has 0 saturated heterocycles. The van der Waals surface area contributed by atoms with Crippen LogP contribution in [0.5, 0.6) is 17.4 Å². The zero-order valence-corrected chi connectivity index (χ0v) is 14.7. The number of anilines is 1. The van der Waals surface area contributed by atoms with Gasteiger partial charge in [-0.15, -0.1) is 0 Å². The molecule has 0 amide bonds. The molecule has 0 atom stereocenters. The SMILES string of the molecule is CCCCCc1c(N)c(C)cc(Oc2cnc(C(=O)O)cn2)c1OC. The summed E-state index contributed by atoms with van der Waals surface area (Å²) in [5.41, 5.74) is 8.59. The molecule has 0 aliphatic rings. The molecule has 1 aromatic carbocycles. The number of nitrogen functional groups attached to an aromatic ring is 1. The van der Waals surface area contributed by atoms with Crippen molar-refractivity contribution in [1.29, 1.82) is 0 Å². The summed E-state index contributed by atoms with van der Waals surface area (Å²) in [5, 5.41) is 8.88. The number of ether oxygens (including phenoxy) is 2. The summed E-state index contributed by atoms with van der Waals surface area (Å²) in [6, 6.07) is 1.78. The molecule has 1 aromatic heterocycles. The van der Waals surface area contributed by atoms with Gasteiger partial charge in [-0.3, -0.25) is 0 Å². The smallest absolute Gasteiger partial charge is 0.356 e. The first-order valence-corrected chi connectivity index (χ1v) is 8.17. The molecule has 7 nitrogen and oxygen atoms in total. The topological polar surface area (TPSA) is 108 Å². The number of aromatic carboxylic acids is 1. The van der Waals surface area contributed by atoms with E-state index in [1.54, 1.807) is 13.2 Å². The molecule has 0 bridgehead atoms. The van der Waals surface area contributed by atoms with Gasteiger partial charge in [-0.1, -0.05) is 19.8 Å². The van der Waals surface area contributed by atoms with Gasteiger partial charge in [0.2, 0.25) is 5.88 Å². The third kappa shape index (κ3) is 4.37. The number of methoxy groups -OCH3 is 1. The Labute approximate surface area is 146 Å². The fourth-order valence-electron chi connectivity index (χ4n) is 2.54. The van der Waals surface area contributed by atoms with Gasteiger partial charge in [0.1, 0.15) is 0 Å². The van der Waals surface area contributed by atoms with Crippen molar-refractivity contribution in [2.24, 2.45) is 0 Å². The lowest BCUT2D eigenvalue weighted by Crippen LogP contribution is -2.05. The quantitative estimate of drug-likeness (QED) is 0.556. The van der Waals surface area contributed by atoms with E-state index >= 15 is 0 Å². The van der Waals surface area contributed by atoms with Crippen LogP contribution in [0.4, 0.5) is 5.69 Å². The number of hydrogen-bond donors (Lipinski definition) is 2. The summed E-state index contributed by atoms with van der Waals surface area (Å²) in [4.78, 5) is 18.6. The average Bonchev–Trinajstić information content (AvgIpc) is 2.59. The van der Waals surface area contributed by atoms with E-state index in [-0.39, 0.29) is 11.6 Å². The Balaban J connectivity index is 2.34. The Morgan fingerprint density at radius 2 is 2.04 bits per heavy atom. The van der Waals surface area contributed by atoms with E-state index in [1.807, 2.05) is 6.92 Å². The number of nitrogens with two attached hydrogens (primary N) is 1. The Morgan fingerprint density at radius 3 is 2.60 bits per heavy atom. The predicted octanol–water partition coefficient (Wildman–Crippen LogP) is 3.60. The minimum Gasteiger partial charge on any atom is -0.492 e. The van der Waals surface area contributed by atoms with Crippen LogP contribution in [0.3, 0.4) is 0 Å². The number of rotatable bonds is 8. The molecular weight excluding hydrogens is 322 g/mol. The number of carboxylic acids is 1. The summed E-state index contributed by atoms with van der Waals surface area (Å²) in [7, 11) is 1.57. The first kappa shape index (κ1) is 18.5. The molecule has 0 fully saturated rings. The third-order valence-corrected chi connectivity index (χ3v) is 3.89.